The summed E-state index contributed by atoms with van der Waals surface area (Å²) in [7, 11) is 0. The topological polar surface area (TPSA) is 60.7 Å². The van der Waals surface area contributed by atoms with Crippen molar-refractivity contribution < 1.29 is 15.3 Å². The monoisotopic (exact) mass is 228 g/mol. The molecule has 0 fully saturated rings. The van der Waals surface area contributed by atoms with Crippen molar-refractivity contribution in [3.05, 3.63) is 24.8 Å². The van der Waals surface area contributed by atoms with E-state index in [1.165, 1.54) is 0 Å². The minimum absolute atomic E-state index is 0.0474. The summed E-state index contributed by atoms with van der Waals surface area (Å²) in [6.07, 6.45) is 3.68. The molecule has 0 aromatic carbocycles. The van der Waals surface area contributed by atoms with Crippen LogP contribution in [-0.4, -0.2) is 33.6 Å². The molecular formula is C13H24O3. The summed E-state index contributed by atoms with van der Waals surface area (Å²) in [6, 6.07) is 0. The lowest BCUT2D eigenvalue weighted by Gasteiger charge is -2.21. The summed E-state index contributed by atoms with van der Waals surface area (Å²) in [4.78, 5) is 0. The minimum Gasteiger partial charge on any atom is -0.393 e. The van der Waals surface area contributed by atoms with Crippen molar-refractivity contribution in [2.45, 2.75) is 45.5 Å². The fraction of sp³-hybridized carbons (Fsp3) is 0.692. The summed E-state index contributed by atoms with van der Waals surface area (Å²) in [5.41, 5.74) is 0. The molecule has 0 bridgehead atoms. The lowest BCUT2D eigenvalue weighted by Crippen LogP contribution is -2.30. The molecule has 3 nitrogen and oxygen atoms in total. The highest BCUT2D eigenvalue weighted by Gasteiger charge is 2.20. The van der Waals surface area contributed by atoms with Crippen molar-refractivity contribution in [2.24, 2.45) is 11.8 Å². The highest BCUT2D eigenvalue weighted by atomic mass is 16.3. The number of hydrogen-bond donors (Lipinski definition) is 3. The molecule has 3 heteroatoms. The maximum Gasteiger partial charge on any atom is 0.0861 e. The second-order valence-corrected chi connectivity index (χ2v) is 4.43. The van der Waals surface area contributed by atoms with Gasteiger partial charge >= 0.3 is 0 Å². The van der Waals surface area contributed by atoms with Crippen molar-refractivity contribution in [1.82, 2.24) is 0 Å². The third-order valence-electron chi connectivity index (χ3n) is 2.82. The highest BCUT2D eigenvalue weighted by molar-refractivity contribution is 4.96. The molecule has 0 saturated carbocycles. The Morgan fingerprint density at radius 2 is 1.50 bits per heavy atom. The van der Waals surface area contributed by atoms with E-state index in [0.29, 0.717) is 6.42 Å². The molecule has 0 aliphatic rings. The molecule has 16 heavy (non-hydrogen) atoms. The number of hydrogen-bond acceptors (Lipinski definition) is 3. The molecule has 0 radical (unpaired) electrons. The van der Waals surface area contributed by atoms with Crippen molar-refractivity contribution >= 4 is 0 Å². The Labute approximate surface area is 98.1 Å². The van der Waals surface area contributed by atoms with Gasteiger partial charge < -0.3 is 15.3 Å². The Morgan fingerprint density at radius 3 is 1.94 bits per heavy atom. The van der Waals surface area contributed by atoms with Gasteiger partial charge in [0, 0.05) is 5.92 Å². The van der Waals surface area contributed by atoms with Crippen molar-refractivity contribution in [3.63, 3.8) is 0 Å². The lowest BCUT2D eigenvalue weighted by atomic mass is 9.95. The molecule has 5 atom stereocenters. The maximum atomic E-state index is 9.76. The summed E-state index contributed by atoms with van der Waals surface area (Å²) in [6.45, 7) is 8.98. The summed E-state index contributed by atoms with van der Waals surface area (Å²) in [5.74, 6) is -0.0950. The largest absolute Gasteiger partial charge is 0.393 e. The van der Waals surface area contributed by atoms with Gasteiger partial charge in [-0.25, -0.2) is 0 Å². The van der Waals surface area contributed by atoms with Crippen molar-refractivity contribution in [1.29, 1.82) is 0 Å². The molecule has 0 heterocycles. The minimum atomic E-state index is -0.796. The third kappa shape index (κ3) is 5.45. The fourth-order valence-corrected chi connectivity index (χ4v) is 1.29. The van der Waals surface area contributed by atoms with Gasteiger partial charge in [0.15, 0.2) is 0 Å². The van der Waals surface area contributed by atoms with Crippen LogP contribution < -0.4 is 0 Å². The molecule has 0 aliphatic heterocycles. The zero-order valence-corrected chi connectivity index (χ0v) is 10.4. The predicted molar refractivity (Wildman–Crippen MR) is 66.0 cm³/mol. The van der Waals surface area contributed by atoms with Crippen molar-refractivity contribution in [3.8, 4) is 0 Å². The van der Waals surface area contributed by atoms with E-state index >= 15 is 0 Å². The van der Waals surface area contributed by atoms with Gasteiger partial charge in [-0.05, 0) is 19.3 Å². The Balaban J connectivity index is 4.23. The van der Waals surface area contributed by atoms with Crippen LogP contribution in [0, 0.1) is 11.8 Å². The highest BCUT2D eigenvalue weighted by Crippen LogP contribution is 2.14. The van der Waals surface area contributed by atoms with Gasteiger partial charge in [-0.1, -0.05) is 32.1 Å². The summed E-state index contributed by atoms with van der Waals surface area (Å²) >= 11 is 0. The number of aliphatic hydroxyl groups excluding tert-OH is 3. The van der Waals surface area contributed by atoms with Gasteiger partial charge in [-0.3, -0.25) is 0 Å². The average Bonchev–Trinajstić information content (AvgIpc) is 2.24. The lowest BCUT2D eigenvalue weighted by molar-refractivity contribution is 0.000705. The molecule has 94 valence electrons. The molecule has 0 spiro atoms. The van der Waals surface area contributed by atoms with Gasteiger partial charge in [-0.2, -0.15) is 0 Å². The second-order valence-electron chi connectivity index (χ2n) is 4.43. The van der Waals surface area contributed by atoms with E-state index in [2.05, 4.69) is 6.58 Å². The molecule has 0 saturated heterocycles. The first kappa shape index (κ1) is 15.4. The Bertz CT molecular complexity index is 223. The van der Waals surface area contributed by atoms with Crippen LogP contribution in [0.5, 0.6) is 0 Å². The van der Waals surface area contributed by atoms with Gasteiger partial charge in [0.25, 0.3) is 0 Å². The quantitative estimate of drug-likeness (QED) is 0.579. The van der Waals surface area contributed by atoms with E-state index in [1.54, 1.807) is 13.0 Å². The van der Waals surface area contributed by atoms with Crippen LogP contribution >= 0.6 is 0 Å². The number of rotatable bonds is 7. The van der Waals surface area contributed by atoms with Crippen LogP contribution in [0.4, 0.5) is 0 Å². The van der Waals surface area contributed by atoms with Crippen molar-refractivity contribution in [2.75, 3.05) is 0 Å². The zero-order valence-electron chi connectivity index (χ0n) is 10.4. The van der Waals surface area contributed by atoms with Crippen LogP contribution in [0.15, 0.2) is 24.8 Å². The second kappa shape index (κ2) is 7.60. The molecule has 0 unspecified atom stereocenters. The maximum absolute atomic E-state index is 9.76. The van der Waals surface area contributed by atoms with E-state index in [4.69, 9.17) is 0 Å². The molecule has 0 rings (SSSR count). The van der Waals surface area contributed by atoms with Crippen LogP contribution in [0.3, 0.4) is 0 Å². The first-order valence-corrected chi connectivity index (χ1v) is 5.73. The average molecular weight is 228 g/mol. The fourth-order valence-electron chi connectivity index (χ4n) is 1.29. The van der Waals surface area contributed by atoms with Crippen LogP contribution in [-0.2, 0) is 0 Å². The molecule has 3 N–H and O–H groups in total. The van der Waals surface area contributed by atoms with Gasteiger partial charge in [0.1, 0.15) is 0 Å². The van der Waals surface area contributed by atoms with Crippen LogP contribution in [0.2, 0.25) is 0 Å². The molecule has 0 amide bonds. The van der Waals surface area contributed by atoms with Crippen LogP contribution in [0.25, 0.3) is 0 Å². The SMILES string of the molecule is C=CC[C@H](O)[C@@H](O)[C@H](C)/C=C\[C@@H](C)[C@H](C)O. The third-order valence-corrected chi connectivity index (χ3v) is 2.82. The number of aliphatic hydroxyl groups is 3. The Hall–Kier alpha value is -0.640. The summed E-state index contributed by atoms with van der Waals surface area (Å²) < 4.78 is 0. The first-order valence-electron chi connectivity index (χ1n) is 5.73. The van der Waals surface area contributed by atoms with Gasteiger partial charge in [0.05, 0.1) is 18.3 Å². The molecule has 0 aromatic rings. The Morgan fingerprint density at radius 1 is 1.00 bits per heavy atom. The van der Waals surface area contributed by atoms with Crippen LogP contribution in [0.1, 0.15) is 27.2 Å². The summed E-state index contributed by atoms with van der Waals surface area (Å²) in [5, 5.41) is 28.6. The standard InChI is InChI=1S/C13H24O3/c1-5-6-12(15)13(16)10(3)8-7-9(2)11(4)14/h5,7-16H,1,6H2,2-4H3/b8-7-/t9-,10-,11+,12+,13+/m1/s1. The van der Waals surface area contributed by atoms with E-state index in [9.17, 15) is 15.3 Å². The van der Waals surface area contributed by atoms with E-state index in [0.717, 1.165) is 0 Å². The Kier molecular flexibility index (Phi) is 7.30. The molecule has 0 aliphatic carbocycles. The van der Waals surface area contributed by atoms with Gasteiger partial charge in [0.2, 0.25) is 0 Å². The predicted octanol–water partition coefficient (Wildman–Crippen LogP) is 1.49. The molecule has 0 aromatic heterocycles. The zero-order chi connectivity index (χ0) is 12.7. The smallest absolute Gasteiger partial charge is 0.0861 e. The van der Waals surface area contributed by atoms with Gasteiger partial charge in [-0.15, -0.1) is 6.58 Å². The first-order chi connectivity index (χ1) is 7.40. The van der Waals surface area contributed by atoms with E-state index < -0.39 is 18.3 Å². The normalized spacial score (nSPS) is 21.4. The van der Waals surface area contributed by atoms with E-state index in [1.807, 2.05) is 26.0 Å². The molecular weight excluding hydrogens is 204 g/mol. The van der Waals surface area contributed by atoms with E-state index in [-0.39, 0.29) is 11.8 Å².